The highest BCUT2D eigenvalue weighted by Crippen LogP contribution is 2.38. The van der Waals surface area contributed by atoms with Gasteiger partial charge in [-0.05, 0) is 14.1 Å². The molecule has 86 valence electrons. The van der Waals surface area contributed by atoms with Crippen LogP contribution < -0.4 is 5.50 Å². The summed E-state index contributed by atoms with van der Waals surface area (Å²) in [5.74, 6) is 0.568. The molecule has 2 N–H and O–H groups in total. The molecule has 0 aromatic heterocycles. The molecule has 0 radical (unpaired) electrons. The fraction of sp³-hybridized carbons (Fsp3) is 0.909. The molecule has 1 aliphatic heterocycles. The van der Waals surface area contributed by atoms with Crippen molar-refractivity contribution in [2.75, 3.05) is 0 Å². The lowest BCUT2D eigenvalue weighted by atomic mass is 9.39. The molecule has 15 heavy (non-hydrogen) atoms. The molecule has 0 amide bonds. The summed E-state index contributed by atoms with van der Waals surface area (Å²) in [4.78, 5) is 12.4. The average Bonchev–Trinajstić information content (AvgIpc) is 2.49. The zero-order chi connectivity index (χ0) is 11.6. The topological polar surface area (TPSA) is 43.1 Å². The second-order valence-corrected chi connectivity index (χ2v) is 6.79. The molecule has 2 nitrogen and oxygen atoms in total. The third-order valence-corrected chi connectivity index (χ3v) is 5.03. The monoisotopic (exact) mass is 227 g/mol. The lowest BCUT2D eigenvalue weighted by molar-refractivity contribution is -0.113. The van der Waals surface area contributed by atoms with E-state index in [1.54, 1.807) is 0 Å². The maximum Gasteiger partial charge on any atom is 0.227 e. The molecule has 2 unspecified atom stereocenters. The van der Waals surface area contributed by atoms with Gasteiger partial charge in [0, 0.05) is 5.66 Å². The van der Waals surface area contributed by atoms with Crippen molar-refractivity contribution < 1.29 is 4.79 Å². The van der Waals surface area contributed by atoms with Gasteiger partial charge in [-0.25, -0.2) is 0 Å². The van der Waals surface area contributed by atoms with E-state index in [-0.39, 0.29) is 26.5 Å². The van der Waals surface area contributed by atoms with Crippen LogP contribution in [-0.4, -0.2) is 18.1 Å². The first kappa shape index (κ1) is 13.2. The minimum atomic E-state index is 0.0204. The summed E-state index contributed by atoms with van der Waals surface area (Å²) >= 11 is 0. The Balaban J connectivity index is 2.73. The van der Waals surface area contributed by atoms with E-state index < -0.39 is 0 Å². The molecule has 0 aromatic carbocycles. The van der Waals surface area contributed by atoms with Gasteiger partial charge in [-0.2, -0.15) is 0 Å². The van der Waals surface area contributed by atoms with Gasteiger partial charge in [0.1, 0.15) is 5.68 Å². The Morgan fingerprint density at radius 3 is 2.47 bits per heavy atom. The number of carbonyl (C=O) groups excluding carboxylic acids is 1. The Morgan fingerprint density at radius 2 is 2.13 bits per heavy atom. The summed E-state index contributed by atoms with van der Waals surface area (Å²) in [6.45, 7) is 8.85. The summed E-state index contributed by atoms with van der Waals surface area (Å²) in [7, 11) is 0.247. The molecule has 1 saturated heterocycles. The molecule has 0 aromatic rings. The molecule has 0 bridgehead atoms. The minimum absolute atomic E-state index is 0.0204. The van der Waals surface area contributed by atoms with Crippen LogP contribution in [0.1, 0.15) is 40.5 Å². The van der Waals surface area contributed by atoms with Gasteiger partial charge in [0.05, 0.1) is 0 Å². The van der Waals surface area contributed by atoms with Crippen LogP contribution in [-0.2, 0) is 4.79 Å². The van der Waals surface area contributed by atoms with Crippen molar-refractivity contribution in [3.8, 4) is 0 Å². The van der Waals surface area contributed by atoms with Crippen molar-refractivity contribution in [2.45, 2.75) is 58.3 Å². The predicted molar refractivity (Wildman–Crippen MR) is 70.0 cm³/mol. The van der Waals surface area contributed by atoms with Gasteiger partial charge in [-0.1, -0.05) is 52.7 Å². The number of hydrogen-bond donors (Lipinski definition) is 1. The number of carbonyl (C=O) groups is 1. The van der Waals surface area contributed by atoms with Gasteiger partial charge in [-0.3, -0.25) is 0 Å². The Labute approximate surface area is 95.7 Å². The van der Waals surface area contributed by atoms with Crippen LogP contribution >= 0.6 is 8.73 Å². The summed E-state index contributed by atoms with van der Waals surface area (Å²) in [5.41, 5.74) is 6.28. The third kappa shape index (κ3) is 3.04. The first-order valence-corrected chi connectivity index (χ1v) is 7.03. The van der Waals surface area contributed by atoms with Gasteiger partial charge in [0.15, 0.2) is 0 Å². The lowest BCUT2D eigenvalue weighted by Crippen LogP contribution is -2.41. The van der Waals surface area contributed by atoms with Gasteiger partial charge >= 0.3 is 0 Å². The zero-order valence-electron chi connectivity index (χ0n) is 10.3. The van der Waals surface area contributed by atoms with E-state index in [4.69, 9.17) is 5.50 Å². The molecular weight excluding hydrogens is 204 g/mol. The van der Waals surface area contributed by atoms with Gasteiger partial charge in [0.2, 0.25) is 6.71 Å². The van der Waals surface area contributed by atoms with Crippen molar-refractivity contribution in [1.29, 1.82) is 0 Å². The fourth-order valence-corrected chi connectivity index (χ4v) is 3.42. The van der Waals surface area contributed by atoms with E-state index >= 15 is 0 Å². The van der Waals surface area contributed by atoms with E-state index in [9.17, 15) is 4.79 Å². The molecule has 3 atom stereocenters. The largest absolute Gasteiger partial charge is 0.311 e. The van der Waals surface area contributed by atoms with E-state index in [0.717, 1.165) is 6.32 Å². The van der Waals surface area contributed by atoms with Crippen LogP contribution in [0.4, 0.5) is 0 Å². The maximum absolute atomic E-state index is 12.4. The van der Waals surface area contributed by atoms with Crippen LogP contribution in [0, 0.1) is 5.41 Å². The summed E-state index contributed by atoms with van der Waals surface area (Å²) in [6.07, 6.45) is 3.50. The van der Waals surface area contributed by atoms with Crippen molar-refractivity contribution in [3.05, 3.63) is 0 Å². The highest BCUT2D eigenvalue weighted by Gasteiger charge is 2.40. The fourth-order valence-electron chi connectivity index (χ4n) is 2.54. The lowest BCUT2D eigenvalue weighted by Gasteiger charge is -2.30. The van der Waals surface area contributed by atoms with Gasteiger partial charge < -0.3 is 10.3 Å². The molecule has 1 fully saturated rings. The first-order valence-electron chi connectivity index (χ1n) is 5.87. The summed E-state index contributed by atoms with van der Waals surface area (Å²) < 4.78 is 0. The van der Waals surface area contributed by atoms with Crippen molar-refractivity contribution in [1.82, 2.24) is 0 Å². The molecule has 1 heterocycles. The van der Waals surface area contributed by atoms with E-state index in [2.05, 4.69) is 27.7 Å². The van der Waals surface area contributed by atoms with Gasteiger partial charge in [0.25, 0.3) is 0 Å². The Bertz CT molecular complexity index is 239. The van der Waals surface area contributed by atoms with Gasteiger partial charge in [-0.15, -0.1) is 0 Å². The molecule has 4 heteroatoms. The van der Waals surface area contributed by atoms with Crippen molar-refractivity contribution in [3.63, 3.8) is 0 Å². The third-order valence-electron chi connectivity index (χ3n) is 3.54. The van der Waals surface area contributed by atoms with Crippen LogP contribution in [0.25, 0.3) is 0 Å². The molecule has 1 aliphatic rings. The Kier molecular flexibility index (Phi) is 4.37. The van der Waals surface area contributed by atoms with E-state index in [0.29, 0.717) is 11.5 Å². The second-order valence-electron chi connectivity index (χ2n) is 5.88. The minimum Gasteiger partial charge on any atom is -0.311 e. The van der Waals surface area contributed by atoms with Crippen molar-refractivity contribution in [2.24, 2.45) is 10.9 Å². The predicted octanol–water partition coefficient (Wildman–Crippen LogP) is 2.74. The van der Waals surface area contributed by atoms with Crippen molar-refractivity contribution >= 4 is 21.1 Å². The zero-order valence-corrected chi connectivity index (χ0v) is 11.3. The standard InChI is InChI=1S/C11H23BNOP/c1-8-6-5-7-12(8)10(14)9(15-13)11(2,3)4/h8-9,15H,5-7,13H2,1-4H3/t8-,9?/m1/s1. The van der Waals surface area contributed by atoms with Crippen LogP contribution in [0.15, 0.2) is 0 Å². The Hall–Kier alpha value is 0.125. The average molecular weight is 227 g/mol. The van der Waals surface area contributed by atoms with E-state index in [1.807, 2.05) is 0 Å². The Morgan fingerprint density at radius 1 is 1.53 bits per heavy atom. The smallest absolute Gasteiger partial charge is 0.227 e. The van der Waals surface area contributed by atoms with E-state index in [1.165, 1.54) is 12.8 Å². The normalized spacial score (nSPS) is 25.1. The summed E-state index contributed by atoms with van der Waals surface area (Å²) in [6, 6.07) is 0. The molecule has 1 rings (SSSR count). The second kappa shape index (κ2) is 4.97. The highest BCUT2D eigenvalue weighted by atomic mass is 31.1. The quantitative estimate of drug-likeness (QED) is 0.595. The van der Waals surface area contributed by atoms with Crippen LogP contribution in [0.5, 0.6) is 0 Å². The van der Waals surface area contributed by atoms with Crippen LogP contribution in [0.3, 0.4) is 0 Å². The first-order chi connectivity index (χ1) is 6.88. The molecular formula is C11H23BNOP. The number of nitrogens with two attached hydrogens (primary N) is 1. The highest BCUT2D eigenvalue weighted by molar-refractivity contribution is 7.38. The molecule has 0 spiro atoms. The molecule has 0 aliphatic carbocycles. The summed E-state index contributed by atoms with van der Waals surface area (Å²) in [5, 5.41) is 0. The number of rotatable bonds is 3. The molecule has 0 saturated carbocycles. The number of hydrogen-bond acceptors (Lipinski definition) is 2. The SMILES string of the molecule is C[C@@H]1CCCB1C(=O)C(PN)C(C)(C)C. The van der Waals surface area contributed by atoms with Crippen LogP contribution in [0.2, 0.25) is 12.1 Å². The maximum atomic E-state index is 12.4.